The van der Waals surface area contributed by atoms with Crippen LogP contribution in [0, 0.1) is 11.8 Å². The van der Waals surface area contributed by atoms with Crippen LogP contribution >= 0.6 is 0 Å². The SMILES string of the molecule is CCCOC(=O)c1ccc(NC(=O)COC(=O)c2cccc(N3C(=O)[C@H]4CC=CC[C@@H]4C3=O)c2)cc1. The first-order valence-corrected chi connectivity index (χ1v) is 11.8. The van der Waals surface area contributed by atoms with Crippen LogP contribution in [0.4, 0.5) is 11.4 Å². The fraction of sp³-hybridized carbons (Fsp3) is 0.296. The van der Waals surface area contributed by atoms with Crippen LogP contribution in [0.2, 0.25) is 0 Å². The molecule has 1 fully saturated rings. The third-order valence-electron chi connectivity index (χ3n) is 6.02. The predicted octanol–water partition coefficient (Wildman–Crippen LogP) is 3.50. The normalized spacial score (nSPS) is 18.5. The Hall–Kier alpha value is -4.27. The highest BCUT2D eigenvalue weighted by molar-refractivity contribution is 6.22. The Kier molecular flexibility index (Phi) is 7.58. The van der Waals surface area contributed by atoms with Gasteiger partial charge in [-0.25, -0.2) is 9.59 Å². The smallest absolute Gasteiger partial charge is 0.338 e. The first-order chi connectivity index (χ1) is 17.4. The van der Waals surface area contributed by atoms with Crippen molar-refractivity contribution in [2.24, 2.45) is 11.8 Å². The Morgan fingerprint density at radius 2 is 1.53 bits per heavy atom. The number of benzene rings is 2. The molecule has 1 heterocycles. The molecular weight excluding hydrogens is 464 g/mol. The zero-order chi connectivity index (χ0) is 25.7. The molecule has 3 amide bonds. The molecule has 9 heteroatoms. The molecule has 2 aliphatic rings. The van der Waals surface area contributed by atoms with Gasteiger partial charge >= 0.3 is 11.9 Å². The topological polar surface area (TPSA) is 119 Å². The number of nitrogens with one attached hydrogen (secondary N) is 1. The van der Waals surface area contributed by atoms with Crippen LogP contribution in [0.3, 0.4) is 0 Å². The Bertz CT molecular complexity index is 1190. The van der Waals surface area contributed by atoms with E-state index in [1.165, 1.54) is 24.3 Å². The minimum atomic E-state index is -0.765. The van der Waals surface area contributed by atoms with Crippen molar-refractivity contribution >= 4 is 41.0 Å². The average Bonchev–Trinajstić information content (AvgIpc) is 3.16. The van der Waals surface area contributed by atoms with Gasteiger partial charge in [-0.2, -0.15) is 0 Å². The third kappa shape index (κ3) is 5.35. The van der Waals surface area contributed by atoms with Gasteiger partial charge in [-0.1, -0.05) is 25.1 Å². The number of rotatable bonds is 8. The van der Waals surface area contributed by atoms with Crippen molar-refractivity contribution in [3.8, 4) is 0 Å². The number of carbonyl (C=O) groups excluding carboxylic acids is 5. The van der Waals surface area contributed by atoms with E-state index in [0.29, 0.717) is 36.4 Å². The summed E-state index contributed by atoms with van der Waals surface area (Å²) in [6.07, 6.45) is 5.58. The average molecular weight is 491 g/mol. The van der Waals surface area contributed by atoms with E-state index in [1.807, 2.05) is 19.1 Å². The van der Waals surface area contributed by atoms with Crippen LogP contribution in [0.1, 0.15) is 46.9 Å². The molecule has 2 aromatic rings. The van der Waals surface area contributed by atoms with Crippen LogP contribution in [-0.2, 0) is 23.9 Å². The molecule has 4 rings (SSSR count). The van der Waals surface area contributed by atoms with E-state index in [0.717, 1.165) is 11.3 Å². The molecular formula is C27H26N2O7. The van der Waals surface area contributed by atoms with Crippen molar-refractivity contribution < 1.29 is 33.4 Å². The second-order valence-electron chi connectivity index (χ2n) is 8.56. The number of allylic oxidation sites excluding steroid dienone is 2. The lowest BCUT2D eigenvalue weighted by molar-refractivity contribution is -0.122. The number of imide groups is 1. The van der Waals surface area contributed by atoms with Crippen LogP contribution in [0.25, 0.3) is 0 Å². The molecule has 186 valence electrons. The number of hydrogen-bond acceptors (Lipinski definition) is 7. The number of nitrogens with zero attached hydrogens (tertiary/aromatic N) is 1. The van der Waals surface area contributed by atoms with Crippen molar-refractivity contribution in [1.29, 1.82) is 0 Å². The Balaban J connectivity index is 1.33. The Morgan fingerprint density at radius 3 is 2.17 bits per heavy atom. The van der Waals surface area contributed by atoms with Crippen LogP contribution < -0.4 is 10.2 Å². The fourth-order valence-electron chi connectivity index (χ4n) is 4.21. The zero-order valence-electron chi connectivity index (χ0n) is 19.8. The molecule has 1 aliphatic carbocycles. The van der Waals surface area contributed by atoms with Crippen LogP contribution in [0.5, 0.6) is 0 Å². The molecule has 2 aromatic carbocycles. The number of anilines is 2. The molecule has 1 N–H and O–H groups in total. The van der Waals surface area contributed by atoms with E-state index in [4.69, 9.17) is 9.47 Å². The molecule has 0 unspecified atom stereocenters. The Labute approximate surface area is 208 Å². The Morgan fingerprint density at radius 1 is 0.889 bits per heavy atom. The standard InChI is InChI=1S/C27H26N2O7/c1-2-14-35-26(33)17-10-12-19(13-11-17)28-23(30)16-36-27(34)18-6-5-7-20(15-18)29-24(31)21-8-3-4-9-22(21)25(29)32/h3-7,10-13,15,21-22H,2,8-9,14,16H2,1H3,(H,28,30)/t21-,22-/m0/s1. The highest BCUT2D eigenvalue weighted by atomic mass is 16.5. The minimum absolute atomic E-state index is 0.115. The summed E-state index contributed by atoms with van der Waals surface area (Å²) in [4.78, 5) is 63.4. The first kappa shape index (κ1) is 24.8. The summed E-state index contributed by atoms with van der Waals surface area (Å²) >= 11 is 0. The molecule has 0 saturated carbocycles. The molecule has 1 aliphatic heterocycles. The maximum absolute atomic E-state index is 12.8. The quantitative estimate of drug-likeness (QED) is 0.342. The second kappa shape index (κ2) is 11.0. The number of hydrogen-bond donors (Lipinski definition) is 1. The molecule has 0 aromatic heterocycles. The molecule has 0 spiro atoms. The first-order valence-electron chi connectivity index (χ1n) is 11.8. The van der Waals surface area contributed by atoms with Crippen molar-refractivity contribution in [2.75, 3.05) is 23.4 Å². The maximum Gasteiger partial charge on any atom is 0.338 e. The van der Waals surface area contributed by atoms with E-state index in [1.54, 1.807) is 24.3 Å². The van der Waals surface area contributed by atoms with Gasteiger partial charge in [0.2, 0.25) is 11.8 Å². The van der Waals surface area contributed by atoms with Crippen molar-refractivity contribution in [2.45, 2.75) is 26.2 Å². The molecule has 1 saturated heterocycles. The second-order valence-corrected chi connectivity index (χ2v) is 8.56. The molecule has 0 bridgehead atoms. The van der Waals surface area contributed by atoms with Gasteiger partial charge in [0.05, 0.1) is 35.3 Å². The van der Waals surface area contributed by atoms with Gasteiger partial charge in [-0.15, -0.1) is 0 Å². The van der Waals surface area contributed by atoms with E-state index in [-0.39, 0.29) is 29.2 Å². The fourth-order valence-corrected chi connectivity index (χ4v) is 4.21. The lowest BCUT2D eigenvalue weighted by Crippen LogP contribution is -2.31. The van der Waals surface area contributed by atoms with E-state index in [9.17, 15) is 24.0 Å². The summed E-state index contributed by atoms with van der Waals surface area (Å²) in [7, 11) is 0. The summed E-state index contributed by atoms with van der Waals surface area (Å²) in [6, 6.07) is 12.2. The minimum Gasteiger partial charge on any atom is -0.462 e. The summed E-state index contributed by atoms with van der Waals surface area (Å²) in [6.45, 7) is 1.68. The highest BCUT2D eigenvalue weighted by Gasteiger charge is 2.47. The van der Waals surface area contributed by atoms with Crippen molar-refractivity contribution in [1.82, 2.24) is 0 Å². The van der Waals surface area contributed by atoms with E-state index in [2.05, 4.69) is 5.32 Å². The lowest BCUT2D eigenvalue weighted by Gasteiger charge is -2.15. The van der Waals surface area contributed by atoms with E-state index < -0.39 is 24.5 Å². The molecule has 9 nitrogen and oxygen atoms in total. The molecule has 0 radical (unpaired) electrons. The number of amides is 3. The van der Waals surface area contributed by atoms with Crippen LogP contribution in [-0.4, -0.2) is 42.9 Å². The van der Waals surface area contributed by atoms with Gasteiger partial charge in [-0.05, 0) is 61.7 Å². The summed E-state index contributed by atoms with van der Waals surface area (Å²) < 4.78 is 10.2. The van der Waals surface area contributed by atoms with Gasteiger partial charge in [0.1, 0.15) is 0 Å². The summed E-state index contributed by atoms with van der Waals surface area (Å²) in [5, 5.41) is 2.58. The predicted molar refractivity (Wildman–Crippen MR) is 130 cm³/mol. The summed E-state index contributed by atoms with van der Waals surface area (Å²) in [5.74, 6) is -3.08. The largest absolute Gasteiger partial charge is 0.462 e. The monoisotopic (exact) mass is 490 g/mol. The zero-order valence-corrected chi connectivity index (χ0v) is 19.8. The van der Waals surface area contributed by atoms with E-state index >= 15 is 0 Å². The van der Waals surface area contributed by atoms with Gasteiger partial charge in [0.25, 0.3) is 5.91 Å². The van der Waals surface area contributed by atoms with Crippen molar-refractivity contribution in [3.63, 3.8) is 0 Å². The van der Waals surface area contributed by atoms with Crippen molar-refractivity contribution in [3.05, 3.63) is 71.8 Å². The number of ether oxygens (including phenoxy) is 2. The van der Waals surface area contributed by atoms with Crippen LogP contribution in [0.15, 0.2) is 60.7 Å². The molecule has 36 heavy (non-hydrogen) atoms. The maximum atomic E-state index is 12.8. The highest BCUT2D eigenvalue weighted by Crippen LogP contribution is 2.37. The molecule has 2 atom stereocenters. The number of esters is 2. The lowest BCUT2D eigenvalue weighted by atomic mass is 9.85. The van der Waals surface area contributed by atoms with Gasteiger partial charge in [-0.3, -0.25) is 19.3 Å². The van der Waals surface area contributed by atoms with Gasteiger partial charge < -0.3 is 14.8 Å². The summed E-state index contributed by atoms with van der Waals surface area (Å²) in [5.41, 5.74) is 1.20. The van der Waals surface area contributed by atoms with Gasteiger partial charge in [0.15, 0.2) is 6.61 Å². The number of carbonyl (C=O) groups is 5. The third-order valence-corrected chi connectivity index (χ3v) is 6.02. The number of fused-ring (bicyclic) bond motifs is 1. The van der Waals surface area contributed by atoms with Gasteiger partial charge in [0, 0.05) is 5.69 Å².